The molecule has 0 saturated heterocycles. The van der Waals surface area contributed by atoms with Gasteiger partial charge in [0.1, 0.15) is 10.6 Å². The lowest BCUT2D eigenvalue weighted by Gasteiger charge is -2.01. The van der Waals surface area contributed by atoms with Gasteiger partial charge in [0.05, 0.1) is 0 Å². The van der Waals surface area contributed by atoms with Gasteiger partial charge in [0.25, 0.3) is 5.91 Å². The van der Waals surface area contributed by atoms with Gasteiger partial charge in [-0.15, -0.1) is 0 Å². The van der Waals surface area contributed by atoms with Crippen molar-refractivity contribution in [2.75, 3.05) is 13.6 Å². The van der Waals surface area contributed by atoms with Gasteiger partial charge in [-0.2, -0.15) is 0 Å². The number of nitrogens with one attached hydrogen (secondary N) is 2. The molecular weight excluding hydrogens is 242 g/mol. The zero-order valence-electron chi connectivity index (χ0n) is 10.1. The van der Waals surface area contributed by atoms with Crippen LogP contribution < -0.4 is 10.0 Å². The molecule has 1 amide bonds. The van der Waals surface area contributed by atoms with E-state index in [0.717, 1.165) is 0 Å². The topological polar surface area (TPSA) is 80.2 Å². The maximum Gasteiger partial charge on any atom is 0.267 e. The number of carbonyl (C=O) groups is 1. The van der Waals surface area contributed by atoms with E-state index < -0.39 is 10.0 Å². The molecular formula is C10H17N3O3S. The third-order valence-electron chi connectivity index (χ3n) is 2.29. The summed E-state index contributed by atoms with van der Waals surface area (Å²) in [6.45, 7) is 2.26. The molecule has 0 spiro atoms. The number of carbonyl (C=O) groups excluding carboxylic acids is 1. The Morgan fingerprint density at radius 1 is 1.47 bits per heavy atom. The van der Waals surface area contributed by atoms with Gasteiger partial charge in [-0.1, -0.05) is 6.92 Å². The summed E-state index contributed by atoms with van der Waals surface area (Å²) in [7, 11) is -0.389. The second-order valence-corrected chi connectivity index (χ2v) is 5.42. The molecule has 0 bridgehead atoms. The van der Waals surface area contributed by atoms with Crippen LogP contribution in [0.15, 0.2) is 17.2 Å². The highest BCUT2D eigenvalue weighted by atomic mass is 32.2. The first-order valence-corrected chi connectivity index (χ1v) is 6.78. The summed E-state index contributed by atoms with van der Waals surface area (Å²) in [5.74, 6) is -0.315. The third kappa shape index (κ3) is 3.07. The van der Waals surface area contributed by atoms with Crippen LogP contribution in [0.3, 0.4) is 0 Å². The fourth-order valence-corrected chi connectivity index (χ4v) is 2.56. The highest BCUT2D eigenvalue weighted by Gasteiger charge is 2.19. The summed E-state index contributed by atoms with van der Waals surface area (Å²) < 4.78 is 27.6. The van der Waals surface area contributed by atoms with Gasteiger partial charge in [0.2, 0.25) is 10.0 Å². The minimum Gasteiger partial charge on any atom is -0.354 e. The number of hydrogen-bond donors (Lipinski definition) is 2. The molecule has 7 heteroatoms. The molecule has 0 radical (unpaired) electrons. The van der Waals surface area contributed by atoms with Crippen LogP contribution >= 0.6 is 0 Å². The Balaban J connectivity index is 3.05. The quantitative estimate of drug-likeness (QED) is 0.785. The number of aromatic nitrogens is 1. The number of rotatable bonds is 5. The second-order valence-electron chi connectivity index (χ2n) is 3.65. The predicted octanol–water partition coefficient (Wildman–Crippen LogP) is 0.0730. The van der Waals surface area contributed by atoms with Crippen molar-refractivity contribution in [3.8, 4) is 0 Å². The average molecular weight is 259 g/mol. The summed E-state index contributed by atoms with van der Waals surface area (Å²) >= 11 is 0. The highest BCUT2D eigenvalue weighted by Crippen LogP contribution is 2.13. The zero-order valence-corrected chi connectivity index (χ0v) is 11.0. The van der Waals surface area contributed by atoms with Crippen LogP contribution in [0.25, 0.3) is 0 Å². The van der Waals surface area contributed by atoms with Crippen molar-refractivity contribution in [2.45, 2.75) is 18.2 Å². The molecule has 1 heterocycles. The van der Waals surface area contributed by atoms with Crippen LogP contribution in [-0.2, 0) is 17.1 Å². The molecule has 6 nitrogen and oxygen atoms in total. The molecule has 96 valence electrons. The van der Waals surface area contributed by atoms with Crippen molar-refractivity contribution in [2.24, 2.45) is 7.05 Å². The summed E-state index contributed by atoms with van der Waals surface area (Å²) in [4.78, 5) is 11.5. The van der Waals surface area contributed by atoms with Crippen molar-refractivity contribution < 1.29 is 13.2 Å². The normalized spacial score (nSPS) is 11.5. The third-order valence-corrected chi connectivity index (χ3v) is 3.72. The zero-order chi connectivity index (χ0) is 13.1. The lowest BCUT2D eigenvalue weighted by Crippen LogP contribution is -2.24. The standard InChI is InChI=1S/C10H17N3O3S/c1-4-5-12-17(15,16)8-6-9(10(14)11-2)13(3)7-8/h6-7,12H,4-5H2,1-3H3,(H,11,14). The maximum atomic E-state index is 11.8. The summed E-state index contributed by atoms with van der Waals surface area (Å²) in [5, 5.41) is 2.46. The van der Waals surface area contributed by atoms with Gasteiger partial charge in [0, 0.05) is 26.8 Å². The first-order valence-electron chi connectivity index (χ1n) is 5.30. The Labute approximate surface area is 101 Å². The van der Waals surface area contributed by atoms with Crippen molar-refractivity contribution in [3.05, 3.63) is 18.0 Å². The molecule has 0 atom stereocenters. The fourth-order valence-electron chi connectivity index (χ4n) is 1.35. The van der Waals surface area contributed by atoms with Gasteiger partial charge in [-0.25, -0.2) is 13.1 Å². The summed E-state index contributed by atoms with van der Waals surface area (Å²) in [6, 6.07) is 1.36. The van der Waals surface area contributed by atoms with E-state index in [1.165, 1.54) is 23.9 Å². The molecule has 1 aromatic heterocycles. The van der Waals surface area contributed by atoms with Crippen molar-refractivity contribution >= 4 is 15.9 Å². The number of hydrogen-bond acceptors (Lipinski definition) is 3. The number of sulfonamides is 1. The number of aryl methyl sites for hydroxylation is 1. The van der Waals surface area contributed by atoms with Crippen molar-refractivity contribution in [1.82, 2.24) is 14.6 Å². The number of nitrogens with zero attached hydrogens (tertiary/aromatic N) is 1. The molecule has 0 unspecified atom stereocenters. The Morgan fingerprint density at radius 2 is 2.12 bits per heavy atom. The van der Waals surface area contributed by atoms with Crippen LogP contribution in [0.2, 0.25) is 0 Å². The van der Waals surface area contributed by atoms with Gasteiger partial charge < -0.3 is 9.88 Å². The lowest BCUT2D eigenvalue weighted by atomic mass is 10.4. The first kappa shape index (κ1) is 13.7. The molecule has 2 N–H and O–H groups in total. The van der Waals surface area contributed by atoms with E-state index in [1.807, 2.05) is 6.92 Å². The van der Waals surface area contributed by atoms with Crippen LogP contribution in [0.1, 0.15) is 23.8 Å². The molecule has 0 saturated carbocycles. The van der Waals surface area contributed by atoms with E-state index in [0.29, 0.717) is 18.7 Å². The van der Waals surface area contributed by atoms with Crippen LogP contribution in [0.5, 0.6) is 0 Å². The average Bonchev–Trinajstić information content (AvgIpc) is 2.68. The molecule has 17 heavy (non-hydrogen) atoms. The fraction of sp³-hybridized carbons (Fsp3) is 0.500. The predicted molar refractivity (Wildman–Crippen MR) is 64.3 cm³/mol. The maximum absolute atomic E-state index is 11.8. The van der Waals surface area contributed by atoms with Gasteiger partial charge in [-0.05, 0) is 12.5 Å². The Kier molecular flexibility index (Phi) is 4.30. The van der Waals surface area contributed by atoms with Gasteiger partial charge in [-0.3, -0.25) is 4.79 Å². The van der Waals surface area contributed by atoms with E-state index in [9.17, 15) is 13.2 Å². The Hall–Kier alpha value is -1.34. The largest absolute Gasteiger partial charge is 0.354 e. The van der Waals surface area contributed by atoms with E-state index >= 15 is 0 Å². The van der Waals surface area contributed by atoms with Crippen molar-refractivity contribution in [3.63, 3.8) is 0 Å². The Morgan fingerprint density at radius 3 is 2.65 bits per heavy atom. The van der Waals surface area contributed by atoms with E-state index in [-0.39, 0.29) is 10.8 Å². The molecule has 1 rings (SSSR count). The van der Waals surface area contributed by atoms with Crippen LogP contribution in [-0.4, -0.2) is 32.5 Å². The first-order chi connectivity index (χ1) is 7.92. The monoisotopic (exact) mass is 259 g/mol. The Bertz CT molecular complexity index is 505. The summed E-state index contributed by atoms with van der Waals surface area (Å²) in [6.07, 6.45) is 2.14. The van der Waals surface area contributed by atoms with Crippen molar-refractivity contribution in [1.29, 1.82) is 0 Å². The lowest BCUT2D eigenvalue weighted by molar-refractivity contribution is 0.0955. The SMILES string of the molecule is CCCNS(=O)(=O)c1cc(C(=O)NC)n(C)c1. The van der Waals surface area contributed by atoms with E-state index in [2.05, 4.69) is 10.0 Å². The highest BCUT2D eigenvalue weighted by molar-refractivity contribution is 7.89. The number of amides is 1. The molecule has 0 aliphatic rings. The minimum absolute atomic E-state index is 0.104. The smallest absolute Gasteiger partial charge is 0.267 e. The second kappa shape index (κ2) is 5.33. The molecule has 0 aliphatic heterocycles. The van der Waals surface area contributed by atoms with E-state index in [1.54, 1.807) is 7.05 Å². The van der Waals surface area contributed by atoms with Crippen LogP contribution in [0.4, 0.5) is 0 Å². The molecule has 1 aromatic rings. The van der Waals surface area contributed by atoms with Crippen LogP contribution in [0, 0.1) is 0 Å². The summed E-state index contributed by atoms with van der Waals surface area (Å²) in [5.41, 5.74) is 0.310. The molecule has 0 aromatic carbocycles. The van der Waals surface area contributed by atoms with Gasteiger partial charge in [0.15, 0.2) is 0 Å². The van der Waals surface area contributed by atoms with Gasteiger partial charge >= 0.3 is 0 Å². The minimum atomic E-state index is -3.52. The van der Waals surface area contributed by atoms with E-state index in [4.69, 9.17) is 0 Å². The molecule has 0 fully saturated rings. The molecule has 0 aliphatic carbocycles.